The molecule has 59 heavy (non-hydrogen) atoms. The second kappa shape index (κ2) is 15.8. The molecule has 1 spiro atoms. The molecule has 7 N–H and O–H groups in total. The van der Waals surface area contributed by atoms with E-state index in [4.69, 9.17) is 21.5 Å². The van der Waals surface area contributed by atoms with Crippen LogP contribution in [0.5, 0.6) is 5.75 Å². The van der Waals surface area contributed by atoms with Crippen molar-refractivity contribution in [1.82, 2.24) is 5.32 Å². The average Bonchev–Trinajstić information content (AvgIpc) is 3.60. The van der Waals surface area contributed by atoms with E-state index < -0.39 is 11.8 Å². The molecule has 5 aliphatic carbocycles. The summed E-state index contributed by atoms with van der Waals surface area (Å²) in [6.45, 7) is 10.3. The van der Waals surface area contributed by atoms with Crippen molar-refractivity contribution in [2.45, 2.75) is 153 Å². The molecule has 6 aliphatic rings. The summed E-state index contributed by atoms with van der Waals surface area (Å²) in [7, 11) is 0. The summed E-state index contributed by atoms with van der Waals surface area (Å²) in [6.07, 6.45) is 18.8. The fourth-order valence-electron chi connectivity index (χ4n) is 14.0. The van der Waals surface area contributed by atoms with Crippen LogP contribution < -0.4 is 11.1 Å². The van der Waals surface area contributed by atoms with Crippen molar-refractivity contribution in [2.75, 3.05) is 6.54 Å². The van der Waals surface area contributed by atoms with E-state index in [0.29, 0.717) is 42.6 Å². The molecule has 0 amide bonds. The van der Waals surface area contributed by atoms with Gasteiger partial charge in [0.05, 0.1) is 35.9 Å². The van der Waals surface area contributed by atoms with Crippen molar-refractivity contribution in [3.8, 4) is 5.75 Å². The topological polar surface area (TPSA) is 157 Å². The molecule has 0 unspecified atom stereocenters. The minimum absolute atomic E-state index is 0.0354. The summed E-state index contributed by atoms with van der Waals surface area (Å²) in [5.74, 6) is 2.97. The van der Waals surface area contributed by atoms with E-state index in [1.807, 2.05) is 12.1 Å². The number of hydrogen-bond acceptors (Lipinski definition) is 7. The summed E-state index contributed by atoms with van der Waals surface area (Å²) in [5, 5.41) is 48.7. The number of aliphatic hydroxyl groups excluding tert-OH is 2. The molecular formula is C50H69N3O6. The highest BCUT2D eigenvalue weighted by molar-refractivity contribution is 5.84. The van der Waals surface area contributed by atoms with Crippen molar-refractivity contribution < 1.29 is 29.6 Å². The zero-order valence-electron chi connectivity index (χ0n) is 35.5. The zero-order chi connectivity index (χ0) is 41.2. The Kier molecular flexibility index (Phi) is 11.0. The van der Waals surface area contributed by atoms with Gasteiger partial charge in [-0.1, -0.05) is 49.4 Å². The molecule has 320 valence electrons. The Morgan fingerprint density at radius 1 is 1.00 bits per heavy atom. The maximum absolute atomic E-state index is 11.7. The number of guanidine groups is 1. The maximum Gasteiger partial charge on any atom is 0.190 e. The number of phenolic OH excluding ortho intramolecular Hbond substituents is 1. The van der Waals surface area contributed by atoms with Crippen LogP contribution in [-0.2, 0) is 17.6 Å². The third kappa shape index (κ3) is 8.11. The number of nitrogens with zero attached hydrogens (tertiary/aromatic N) is 1. The quantitative estimate of drug-likeness (QED) is 0.0370. The standard InChI is InChI=1S/C50H69N3O6/c1-31-25-49(19-13-33(26-49)14-20-50(57)17-5-8-39(55)27-50)45-48(3,59-45)18-15-42-40(31)28-47(42,2)43-24-37(23-36(43)22-32-9-11-38(54)12-10-32)44(56)53-46(51)52-21-16-34-6-4-7-35-29-58-30-41(34)35/h4,6-7,9-12,29-30,33,36-37,39-40,42-45,54-57H,1,5,8,13-28H2,2-3H3,(H3,51,52,53)/t33-,36-,37+,39+,40+,42+,43-,44-,45+,47-,48+,49+,50-/m0/s1. The van der Waals surface area contributed by atoms with E-state index in [-0.39, 0.29) is 46.3 Å². The van der Waals surface area contributed by atoms with Crippen molar-refractivity contribution in [3.05, 3.63) is 78.3 Å². The van der Waals surface area contributed by atoms with Gasteiger partial charge in [0.15, 0.2) is 5.96 Å². The van der Waals surface area contributed by atoms with Crippen LogP contribution >= 0.6 is 0 Å². The lowest BCUT2D eigenvalue weighted by Gasteiger charge is -2.59. The van der Waals surface area contributed by atoms with Gasteiger partial charge < -0.3 is 40.6 Å². The number of fused-ring (bicyclic) bond motifs is 4. The Morgan fingerprint density at radius 2 is 1.83 bits per heavy atom. The van der Waals surface area contributed by atoms with Gasteiger partial charge in [-0.3, -0.25) is 4.99 Å². The minimum Gasteiger partial charge on any atom is -0.508 e. The second-order valence-electron chi connectivity index (χ2n) is 21.0. The SMILES string of the molecule is C=C1C[C@@]2(CC[C@@H](CC[C@@]3(O)CCC[C@@H](O)C3)C2)[C@@H]2O[C@]2(C)CC[C@@H]2[C@@H]1C[C@]2(C)[C@H]1C[C@H]([C@H](O)NC(N)=NCCc2cccc3cocc23)C[C@@H]1Cc1ccc(O)cc1. The number of allylic oxidation sites excluding steroid dienone is 1. The number of aliphatic imine (C=N–C) groups is 1. The number of hydrogen-bond donors (Lipinski definition) is 6. The number of furan rings is 1. The van der Waals surface area contributed by atoms with Gasteiger partial charge in [0.25, 0.3) is 0 Å². The molecule has 3 aromatic rings. The van der Waals surface area contributed by atoms with E-state index >= 15 is 0 Å². The number of nitrogens with one attached hydrogen (secondary N) is 1. The highest BCUT2D eigenvalue weighted by Gasteiger charge is 2.67. The molecule has 0 radical (unpaired) electrons. The molecule has 9 rings (SSSR count). The van der Waals surface area contributed by atoms with E-state index in [2.05, 4.69) is 42.4 Å². The number of aliphatic hydroxyl groups is 3. The van der Waals surface area contributed by atoms with Crippen molar-refractivity contribution in [2.24, 2.45) is 57.1 Å². The van der Waals surface area contributed by atoms with Gasteiger partial charge in [-0.05, 0) is 168 Å². The lowest BCUT2D eigenvalue weighted by atomic mass is 9.45. The Labute approximate surface area is 350 Å². The first-order valence-electron chi connectivity index (χ1n) is 23.0. The molecule has 9 nitrogen and oxygen atoms in total. The molecule has 6 fully saturated rings. The number of ether oxygens (including phenoxy) is 1. The zero-order valence-corrected chi connectivity index (χ0v) is 35.5. The molecule has 0 bridgehead atoms. The fraction of sp³-hybridized carbons (Fsp3) is 0.660. The van der Waals surface area contributed by atoms with Crippen molar-refractivity contribution in [1.29, 1.82) is 0 Å². The number of phenols is 1. The lowest BCUT2D eigenvalue weighted by Crippen LogP contribution is -2.52. The predicted octanol–water partition coefficient (Wildman–Crippen LogP) is 8.56. The van der Waals surface area contributed by atoms with Crippen molar-refractivity contribution >= 4 is 16.7 Å². The van der Waals surface area contributed by atoms with Crippen LogP contribution in [0, 0.1) is 46.3 Å². The molecule has 13 atom stereocenters. The Bertz CT molecular complexity index is 2010. The van der Waals surface area contributed by atoms with E-state index in [9.17, 15) is 20.4 Å². The van der Waals surface area contributed by atoms with Crippen LogP contribution in [0.1, 0.15) is 121 Å². The Morgan fingerprint density at radius 3 is 2.64 bits per heavy atom. The van der Waals surface area contributed by atoms with Crippen molar-refractivity contribution in [3.63, 3.8) is 0 Å². The smallest absolute Gasteiger partial charge is 0.190 e. The first-order valence-corrected chi connectivity index (χ1v) is 23.0. The monoisotopic (exact) mass is 808 g/mol. The highest BCUT2D eigenvalue weighted by Crippen LogP contribution is 2.70. The normalized spacial score (nSPS) is 40.2. The van der Waals surface area contributed by atoms with Crippen LogP contribution in [0.15, 0.2) is 76.6 Å². The number of benzene rings is 2. The molecule has 5 saturated carbocycles. The first-order chi connectivity index (χ1) is 28.2. The number of rotatable bonds is 11. The van der Waals surface area contributed by atoms with Gasteiger partial charge in [0, 0.05) is 35.1 Å². The first kappa shape index (κ1) is 41.0. The van der Waals surface area contributed by atoms with Gasteiger partial charge in [-0.2, -0.15) is 0 Å². The van der Waals surface area contributed by atoms with Crippen LogP contribution in [-0.4, -0.2) is 62.6 Å². The molecule has 2 heterocycles. The molecule has 1 aliphatic heterocycles. The second-order valence-corrected chi connectivity index (χ2v) is 21.0. The number of epoxide rings is 1. The van der Waals surface area contributed by atoms with E-state index in [0.717, 1.165) is 106 Å². The Hall–Kier alpha value is -3.37. The summed E-state index contributed by atoms with van der Waals surface area (Å²) < 4.78 is 12.2. The Balaban J connectivity index is 0.879. The van der Waals surface area contributed by atoms with Crippen LogP contribution in [0.3, 0.4) is 0 Å². The molecule has 1 aromatic heterocycles. The van der Waals surface area contributed by atoms with Gasteiger partial charge in [-0.25, -0.2) is 0 Å². The van der Waals surface area contributed by atoms with Crippen LogP contribution in [0.4, 0.5) is 0 Å². The largest absolute Gasteiger partial charge is 0.508 e. The van der Waals surface area contributed by atoms with Crippen LogP contribution in [0.25, 0.3) is 10.8 Å². The third-order valence-electron chi connectivity index (χ3n) is 17.1. The molecule has 9 heteroatoms. The average molecular weight is 808 g/mol. The van der Waals surface area contributed by atoms with Crippen LogP contribution in [0.2, 0.25) is 0 Å². The van der Waals surface area contributed by atoms with Gasteiger partial charge in [0.1, 0.15) is 12.0 Å². The number of aromatic hydroxyl groups is 1. The number of nitrogens with two attached hydrogens (primary N) is 1. The van der Waals surface area contributed by atoms with Gasteiger partial charge in [0.2, 0.25) is 0 Å². The molecule has 1 saturated heterocycles. The molecule has 2 aromatic carbocycles. The summed E-state index contributed by atoms with van der Waals surface area (Å²) in [6, 6.07) is 13.8. The third-order valence-corrected chi connectivity index (χ3v) is 17.1. The maximum atomic E-state index is 11.7. The fourth-order valence-corrected chi connectivity index (χ4v) is 14.0. The van der Waals surface area contributed by atoms with Gasteiger partial charge in [-0.15, -0.1) is 0 Å². The summed E-state index contributed by atoms with van der Waals surface area (Å²) in [5.41, 5.74) is 9.64. The summed E-state index contributed by atoms with van der Waals surface area (Å²) in [4.78, 5) is 4.62. The lowest BCUT2D eigenvalue weighted by molar-refractivity contribution is -0.0839. The summed E-state index contributed by atoms with van der Waals surface area (Å²) >= 11 is 0. The predicted molar refractivity (Wildman–Crippen MR) is 231 cm³/mol. The minimum atomic E-state index is -0.794. The van der Waals surface area contributed by atoms with Gasteiger partial charge >= 0.3 is 0 Å². The van der Waals surface area contributed by atoms with E-state index in [1.54, 1.807) is 24.7 Å². The van der Waals surface area contributed by atoms with E-state index in [1.165, 1.54) is 24.0 Å². The molecular weight excluding hydrogens is 739 g/mol. The highest BCUT2D eigenvalue weighted by atomic mass is 16.6.